The van der Waals surface area contributed by atoms with E-state index in [9.17, 15) is 0 Å². The van der Waals surface area contributed by atoms with Crippen LogP contribution < -0.4 is 0 Å². The summed E-state index contributed by atoms with van der Waals surface area (Å²) < 4.78 is 1.75. The van der Waals surface area contributed by atoms with Crippen LogP contribution >= 0.6 is 0 Å². The van der Waals surface area contributed by atoms with Gasteiger partial charge in [-0.25, -0.2) is 0 Å². The Hall–Kier alpha value is -1.30. The summed E-state index contributed by atoms with van der Waals surface area (Å²) in [6.07, 6.45) is 4.51. The fourth-order valence-corrected chi connectivity index (χ4v) is 1.11. The number of aromatic nitrogens is 2. The van der Waals surface area contributed by atoms with E-state index in [1.807, 2.05) is 27.1 Å². The Labute approximate surface area is 72.6 Å². The van der Waals surface area contributed by atoms with E-state index < -0.39 is 0 Å². The lowest BCUT2D eigenvalue weighted by Crippen LogP contribution is -2.11. The third kappa shape index (κ3) is 2.09. The summed E-state index contributed by atoms with van der Waals surface area (Å²) in [4.78, 5) is 0. The van der Waals surface area contributed by atoms with E-state index in [0.717, 1.165) is 12.0 Å². The molecule has 1 aromatic rings. The van der Waals surface area contributed by atoms with E-state index >= 15 is 0 Å². The fourth-order valence-electron chi connectivity index (χ4n) is 1.11. The average molecular weight is 163 g/mol. The van der Waals surface area contributed by atoms with E-state index in [1.165, 1.54) is 0 Å². The Bertz CT molecular complexity index is 304. The molecule has 0 aliphatic carbocycles. The largest absolute Gasteiger partial charge is 0.276 e. The molecule has 0 aromatic carbocycles. The van der Waals surface area contributed by atoms with Crippen molar-refractivity contribution in [3.8, 4) is 6.07 Å². The van der Waals surface area contributed by atoms with Gasteiger partial charge in [0.15, 0.2) is 0 Å². The summed E-state index contributed by atoms with van der Waals surface area (Å²) in [6, 6.07) is 2.26. The maximum Gasteiger partial charge on any atom is 0.0687 e. The smallest absolute Gasteiger partial charge is 0.0687 e. The van der Waals surface area contributed by atoms with Crippen LogP contribution in [0.2, 0.25) is 0 Å². The highest BCUT2D eigenvalue weighted by Gasteiger charge is 2.17. The van der Waals surface area contributed by atoms with Crippen LogP contribution in [-0.4, -0.2) is 9.78 Å². The highest BCUT2D eigenvalue weighted by Crippen LogP contribution is 2.19. The van der Waals surface area contributed by atoms with Crippen molar-refractivity contribution >= 4 is 0 Å². The van der Waals surface area contributed by atoms with Crippen molar-refractivity contribution in [1.29, 1.82) is 5.26 Å². The van der Waals surface area contributed by atoms with Crippen LogP contribution in [0.3, 0.4) is 0 Å². The standard InChI is InChI=1S/C9H13N3/c1-9(2,7-10)4-8-5-11-12(3)6-8/h5-6H,4H2,1-3H3. The van der Waals surface area contributed by atoms with Crippen molar-refractivity contribution in [2.45, 2.75) is 20.3 Å². The summed E-state index contributed by atoms with van der Waals surface area (Å²) in [7, 11) is 1.88. The first-order valence-corrected chi connectivity index (χ1v) is 3.92. The molecular formula is C9H13N3. The molecular weight excluding hydrogens is 150 g/mol. The van der Waals surface area contributed by atoms with Gasteiger partial charge < -0.3 is 0 Å². The number of nitrogens with zero attached hydrogens (tertiary/aromatic N) is 3. The molecule has 0 atom stereocenters. The first-order chi connectivity index (χ1) is 5.53. The summed E-state index contributed by atoms with van der Waals surface area (Å²) in [6.45, 7) is 3.86. The Balaban J connectivity index is 2.72. The first kappa shape index (κ1) is 8.79. The lowest BCUT2D eigenvalue weighted by molar-refractivity contribution is 0.493. The molecule has 0 spiro atoms. The molecule has 0 fully saturated rings. The lowest BCUT2D eigenvalue weighted by atomic mass is 9.89. The topological polar surface area (TPSA) is 41.6 Å². The second-order valence-corrected chi connectivity index (χ2v) is 3.69. The molecule has 0 aliphatic heterocycles. The molecule has 64 valence electrons. The number of aryl methyl sites for hydroxylation is 1. The molecule has 0 unspecified atom stereocenters. The van der Waals surface area contributed by atoms with Crippen molar-refractivity contribution < 1.29 is 0 Å². The van der Waals surface area contributed by atoms with Crippen LogP contribution in [0.15, 0.2) is 12.4 Å². The minimum atomic E-state index is -0.289. The highest BCUT2D eigenvalue weighted by atomic mass is 15.2. The van der Waals surface area contributed by atoms with E-state index in [1.54, 1.807) is 10.9 Å². The third-order valence-corrected chi connectivity index (χ3v) is 1.71. The van der Waals surface area contributed by atoms with Crippen molar-refractivity contribution in [3.63, 3.8) is 0 Å². The van der Waals surface area contributed by atoms with Gasteiger partial charge in [-0.05, 0) is 25.8 Å². The molecule has 1 aromatic heterocycles. The highest BCUT2D eigenvalue weighted by molar-refractivity contribution is 5.10. The monoisotopic (exact) mass is 163 g/mol. The summed E-state index contributed by atoms with van der Waals surface area (Å²) >= 11 is 0. The fraction of sp³-hybridized carbons (Fsp3) is 0.556. The van der Waals surface area contributed by atoms with Gasteiger partial charge in [-0.1, -0.05) is 0 Å². The van der Waals surface area contributed by atoms with E-state index in [4.69, 9.17) is 5.26 Å². The SMILES string of the molecule is Cn1cc(CC(C)(C)C#N)cn1. The molecule has 0 saturated heterocycles. The molecule has 0 aliphatic rings. The molecule has 12 heavy (non-hydrogen) atoms. The zero-order valence-electron chi connectivity index (χ0n) is 7.70. The number of rotatable bonds is 2. The van der Waals surface area contributed by atoms with Gasteiger partial charge >= 0.3 is 0 Å². The summed E-state index contributed by atoms with van der Waals surface area (Å²) in [5, 5.41) is 12.8. The summed E-state index contributed by atoms with van der Waals surface area (Å²) in [5.41, 5.74) is 0.826. The maximum absolute atomic E-state index is 8.78. The minimum absolute atomic E-state index is 0.289. The summed E-state index contributed by atoms with van der Waals surface area (Å²) in [5.74, 6) is 0. The average Bonchev–Trinajstić information content (AvgIpc) is 2.35. The van der Waals surface area contributed by atoms with Gasteiger partial charge in [0.1, 0.15) is 0 Å². The van der Waals surface area contributed by atoms with Crippen LogP contribution in [0.5, 0.6) is 0 Å². The normalized spacial score (nSPS) is 11.2. The molecule has 0 N–H and O–H groups in total. The quantitative estimate of drug-likeness (QED) is 0.663. The van der Waals surface area contributed by atoms with Crippen molar-refractivity contribution in [2.24, 2.45) is 12.5 Å². The van der Waals surface area contributed by atoms with Gasteiger partial charge in [-0.2, -0.15) is 10.4 Å². The van der Waals surface area contributed by atoms with Gasteiger partial charge in [0.2, 0.25) is 0 Å². The van der Waals surface area contributed by atoms with Gasteiger partial charge in [-0.15, -0.1) is 0 Å². The van der Waals surface area contributed by atoms with Crippen molar-refractivity contribution in [1.82, 2.24) is 9.78 Å². The number of hydrogen-bond acceptors (Lipinski definition) is 2. The first-order valence-electron chi connectivity index (χ1n) is 3.92. The maximum atomic E-state index is 8.78. The predicted molar refractivity (Wildman–Crippen MR) is 46.3 cm³/mol. The van der Waals surface area contributed by atoms with Crippen LogP contribution in [0.25, 0.3) is 0 Å². The van der Waals surface area contributed by atoms with Gasteiger partial charge in [0.05, 0.1) is 17.7 Å². The molecule has 0 amide bonds. The van der Waals surface area contributed by atoms with E-state index in [-0.39, 0.29) is 5.41 Å². The van der Waals surface area contributed by atoms with E-state index in [0.29, 0.717) is 0 Å². The molecule has 1 rings (SSSR count). The Morgan fingerprint density at radius 1 is 1.67 bits per heavy atom. The van der Waals surface area contributed by atoms with Crippen LogP contribution in [0, 0.1) is 16.7 Å². The molecule has 3 nitrogen and oxygen atoms in total. The molecule has 0 saturated carbocycles. The Kier molecular flexibility index (Phi) is 2.18. The molecule has 3 heteroatoms. The third-order valence-electron chi connectivity index (χ3n) is 1.71. The number of nitriles is 1. The van der Waals surface area contributed by atoms with Gasteiger partial charge in [0.25, 0.3) is 0 Å². The Morgan fingerprint density at radius 2 is 2.33 bits per heavy atom. The second kappa shape index (κ2) is 2.98. The van der Waals surface area contributed by atoms with Crippen LogP contribution in [0.1, 0.15) is 19.4 Å². The molecule has 0 radical (unpaired) electrons. The van der Waals surface area contributed by atoms with Crippen LogP contribution in [0.4, 0.5) is 0 Å². The Morgan fingerprint density at radius 3 is 2.75 bits per heavy atom. The lowest BCUT2D eigenvalue weighted by Gasteiger charge is -2.12. The van der Waals surface area contributed by atoms with E-state index in [2.05, 4.69) is 11.2 Å². The zero-order valence-corrected chi connectivity index (χ0v) is 7.70. The van der Waals surface area contributed by atoms with Gasteiger partial charge in [0, 0.05) is 13.2 Å². The number of hydrogen-bond donors (Lipinski definition) is 0. The molecule has 0 bridgehead atoms. The van der Waals surface area contributed by atoms with Crippen LogP contribution in [-0.2, 0) is 13.5 Å². The van der Waals surface area contributed by atoms with Crippen molar-refractivity contribution in [3.05, 3.63) is 18.0 Å². The second-order valence-electron chi connectivity index (χ2n) is 3.69. The minimum Gasteiger partial charge on any atom is -0.276 e. The van der Waals surface area contributed by atoms with Gasteiger partial charge in [-0.3, -0.25) is 4.68 Å². The zero-order chi connectivity index (χ0) is 9.19. The molecule has 1 heterocycles. The predicted octanol–water partition coefficient (Wildman–Crippen LogP) is 1.51. The van der Waals surface area contributed by atoms with Crippen molar-refractivity contribution in [2.75, 3.05) is 0 Å².